The fraction of sp³-hybridized carbons (Fsp3) is 1.00. The molecule has 1 N–H and O–H groups in total. The second-order valence-corrected chi connectivity index (χ2v) is 11.0. The predicted molar refractivity (Wildman–Crippen MR) is 109 cm³/mol. The highest BCUT2D eigenvalue weighted by Crippen LogP contribution is 2.50. The van der Waals surface area contributed by atoms with Crippen LogP contribution in [0.3, 0.4) is 0 Å². The molecule has 0 fully saturated rings. The number of rotatable bonds is 13. The lowest BCUT2D eigenvalue weighted by Gasteiger charge is -2.45. The molecule has 0 atom stereocenters. The van der Waals surface area contributed by atoms with E-state index in [4.69, 9.17) is 9.63 Å². The molecule has 0 aromatic heterocycles. The van der Waals surface area contributed by atoms with E-state index in [9.17, 15) is 0 Å². The molecule has 4 nitrogen and oxygen atoms in total. The third kappa shape index (κ3) is 9.29. The second-order valence-electron chi connectivity index (χ2n) is 6.59. The summed E-state index contributed by atoms with van der Waals surface area (Å²) in [6.07, 6.45) is 0. The van der Waals surface area contributed by atoms with Crippen molar-refractivity contribution in [3.63, 3.8) is 0 Å². The Kier molecular flexibility index (Phi) is 13.8. The molecule has 0 heterocycles. The van der Waals surface area contributed by atoms with Crippen LogP contribution < -0.4 is 0 Å². The van der Waals surface area contributed by atoms with Gasteiger partial charge in [-0.15, -0.1) is 0 Å². The molecular weight excluding hydrogens is 347 g/mol. The van der Waals surface area contributed by atoms with E-state index in [0.717, 1.165) is 18.1 Å². The Balaban J connectivity index is 4.91. The van der Waals surface area contributed by atoms with Gasteiger partial charge in [-0.25, -0.2) is 9.34 Å². The van der Waals surface area contributed by atoms with Crippen LogP contribution in [-0.4, -0.2) is 63.3 Å². The van der Waals surface area contributed by atoms with Gasteiger partial charge in [-0.05, 0) is 55.4 Å². The van der Waals surface area contributed by atoms with Crippen molar-refractivity contribution >= 4 is 30.0 Å². The quantitative estimate of drug-likeness (QED) is 0.278. The summed E-state index contributed by atoms with van der Waals surface area (Å²) in [5, 5.41) is 8.83. The van der Waals surface area contributed by atoms with Crippen LogP contribution in [0.25, 0.3) is 0 Å². The number of aliphatic hydroxyl groups is 1. The smallest absolute Gasteiger partial charge is 0.188 e. The van der Waals surface area contributed by atoms with Gasteiger partial charge < -0.3 is 9.63 Å². The fourth-order valence-electron chi connectivity index (χ4n) is 2.54. The van der Waals surface area contributed by atoms with Crippen LogP contribution in [-0.2, 0) is 4.52 Å². The van der Waals surface area contributed by atoms with Gasteiger partial charge >= 0.3 is 0 Å². The van der Waals surface area contributed by atoms with Crippen molar-refractivity contribution in [3.8, 4) is 0 Å². The highest BCUT2D eigenvalue weighted by Gasteiger charge is 2.34. The zero-order valence-electron chi connectivity index (χ0n) is 16.2. The summed E-state index contributed by atoms with van der Waals surface area (Å²) in [5.41, 5.74) is 0. The molecule has 0 aromatic carbocycles. The third-order valence-corrected chi connectivity index (χ3v) is 8.54. The molecule has 140 valence electrons. The Bertz CT molecular complexity index is 259. The van der Waals surface area contributed by atoms with Gasteiger partial charge in [-0.2, -0.15) is 0 Å². The summed E-state index contributed by atoms with van der Waals surface area (Å²) < 4.78 is 11.4. The SMILES string of the molecule is CC(C)N(C(C)C)P(OCCSSCCO)N(C(C)C)C(C)C. The van der Waals surface area contributed by atoms with Crippen molar-refractivity contribution in [2.24, 2.45) is 0 Å². The minimum Gasteiger partial charge on any atom is -0.395 e. The minimum atomic E-state index is -0.775. The first-order chi connectivity index (χ1) is 10.7. The van der Waals surface area contributed by atoms with E-state index < -0.39 is 8.45 Å². The molecule has 0 rings (SSSR count). The van der Waals surface area contributed by atoms with Gasteiger partial charge in [0.1, 0.15) is 0 Å². The Hall–Kier alpha value is 0.970. The van der Waals surface area contributed by atoms with Crippen LogP contribution >= 0.6 is 30.0 Å². The molecule has 23 heavy (non-hydrogen) atoms. The van der Waals surface area contributed by atoms with Crippen LogP contribution in [0.2, 0.25) is 0 Å². The Labute approximate surface area is 153 Å². The Morgan fingerprint density at radius 3 is 1.52 bits per heavy atom. The molecule has 0 radical (unpaired) electrons. The van der Waals surface area contributed by atoms with Gasteiger partial charge in [0.15, 0.2) is 8.45 Å². The summed E-state index contributed by atoms with van der Waals surface area (Å²) in [6, 6.07) is 1.82. The first kappa shape index (κ1) is 24.0. The molecule has 0 saturated heterocycles. The monoisotopic (exact) mass is 384 g/mol. The molecule has 0 aromatic rings. The van der Waals surface area contributed by atoms with Crippen molar-refractivity contribution in [2.75, 3.05) is 24.7 Å². The van der Waals surface area contributed by atoms with Crippen molar-refractivity contribution in [2.45, 2.75) is 79.6 Å². The van der Waals surface area contributed by atoms with Gasteiger partial charge in [-0.3, -0.25) is 0 Å². The maximum atomic E-state index is 8.83. The highest BCUT2D eigenvalue weighted by atomic mass is 33.1. The molecule has 0 aliphatic heterocycles. The Morgan fingerprint density at radius 1 is 0.783 bits per heavy atom. The lowest BCUT2D eigenvalue weighted by atomic mass is 10.3. The van der Waals surface area contributed by atoms with Gasteiger partial charge in [0.25, 0.3) is 0 Å². The van der Waals surface area contributed by atoms with Gasteiger partial charge in [0.2, 0.25) is 0 Å². The number of hydrogen-bond donors (Lipinski definition) is 1. The molecule has 7 heteroatoms. The van der Waals surface area contributed by atoms with Crippen LogP contribution in [0, 0.1) is 0 Å². The maximum absolute atomic E-state index is 8.83. The van der Waals surface area contributed by atoms with Crippen molar-refractivity contribution in [1.29, 1.82) is 0 Å². The summed E-state index contributed by atoms with van der Waals surface area (Å²) in [6.45, 7) is 19.0. The summed E-state index contributed by atoms with van der Waals surface area (Å²) in [7, 11) is 2.72. The third-order valence-electron chi connectivity index (χ3n) is 3.14. The summed E-state index contributed by atoms with van der Waals surface area (Å²) >= 11 is 0. The van der Waals surface area contributed by atoms with Crippen LogP contribution in [0.4, 0.5) is 0 Å². The van der Waals surface area contributed by atoms with Gasteiger partial charge in [0.05, 0.1) is 13.2 Å². The van der Waals surface area contributed by atoms with Crippen LogP contribution in [0.15, 0.2) is 0 Å². The van der Waals surface area contributed by atoms with E-state index in [2.05, 4.69) is 64.7 Å². The fourth-order valence-corrected chi connectivity index (χ4v) is 6.60. The van der Waals surface area contributed by atoms with Gasteiger partial charge in [0, 0.05) is 35.7 Å². The van der Waals surface area contributed by atoms with E-state index in [0.29, 0.717) is 24.2 Å². The van der Waals surface area contributed by atoms with Crippen molar-refractivity contribution < 1.29 is 9.63 Å². The van der Waals surface area contributed by atoms with E-state index in [1.54, 1.807) is 21.6 Å². The first-order valence-corrected chi connectivity index (χ1v) is 12.2. The number of nitrogens with zero attached hydrogens (tertiary/aromatic N) is 2. The lowest BCUT2D eigenvalue weighted by molar-refractivity contribution is 0.192. The topological polar surface area (TPSA) is 35.9 Å². The summed E-state index contributed by atoms with van der Waals surface area (Å²) in [5.74, 6) is 1.74. The van der Waals surface area contributed by atoms with Gasteiger partial charge in [-0.1, -0.05) is 21.6 Å². The Morgan fingerprint density at radius 2 is 1.17 bits per heavy atom. The summed E-state index contributed by atoms with van der Waals surface area (Å²) in [4.78, 5) is 0. The lowest BCUT2D eigenvalue weighted by Crippen LogP contribution is -2.43. The molecule has 0 amide bonds. The standard InChI is InChI=1S/C16H37N2O2PS2/c1-13(2)17(14(3)4)21(18(15(5)6)16(7)8)20-10-12-23-22-11-9-19/h13-16,19H,9-12H2,1-8H3. The average molecular weight is 385 g/mol. The van der Waals surface area contributed by atoms with Crippen LogP contribution in [0.1, 0.15) is 55.4 Å². The molecule has 0 aliphatic rings. The van der Waals surface area contributed by atoms with E-state index >= 15 is 0 Å². The van der Waals surface area contributed by atoms with E-state index in [-0.39, 0.29) is 6.61 Å². The van der Waals surface area contributed by atoms with Crippen molar-refractivity contribution in [3.05, 3.63) is 0 Å². The molecule has 0 aliphatic carbocycles. The largest absolute Gasteiger partial charge is 0.395 e. The van der Waals surface area contributed by atoms with E-state index in [1.165, 1.54) is 0 Å². The minimum absolute atomic E-state index is 0.244. The zero-order valence-corrected chi connectivity index (χ0v) is 18.7. The predicted octanol–water partition coefficient (Wildman–Crippen LogP) is 4.84. The molecule has 0 bridgehead atoms. The normalized spacial score (nSPS) is 13.0. The average Bonchev–Trinajstić information content (AvgIpc) is 2.40. The zero-order chi connectivity index (χ0) is 18.0. The second kappa shape index (κ2) is 13.2. The van der Waals surface area contributed by atoms with Crippen molar-refractivity contribution in [1.82, 2.24) is 9.34 Å². The maximum Gasteiger partial charge on any atom is 0.188 e. The van der Waals surface area contributed by atoms with Crippen LogP contribution in [0.5, 0.6) is 0 Å². The first-order valence-electron chi connectivity index (χ1n) is 8.58. The molecule has 0 spiro atoms. The molecular formula is C16H37N2O2PS2. The highest BCUT2D eigenvalue weighted by molar-refractivity contribution is 8.76. The van der Waals surface area contributed by atoms with E-state index in [1.807, 2.05) is 0 Å². The molecule has 0 unspecified atom stereocenters. The number of aliphatic hydroxyl groups excluding tert-OH is 1. The molecule has 0 saturated carbocycles. The number of hydrogen-bond acceptors (Lipinski definition) is 6.